The zero-order chi connectivity index (χ0) is 16.9. The lowest BCUT2D eigenvalue weighted by Crippen LogP contribution is -2.45. The first-order valence-corrected chi connectivity index (χ1v) is 8.76. The van der Waals surface area contributed by atoms with E-state index in [1.807, 2.05) is 12.1 Å². The molecule has 1 heterocycles. The van der Waals surface area contributed by atoms with Gasteiger partial charge in [0.05, 0.1) is 0 Å². The van der Waals surface area contributed by atoms with Gasteiger partial charge in [0.25, 0.3) is 0 Å². The molecule has 7 heteroatoms. The molecule has 4 N–H and O–H groups in total. The van der Waals surface area contributed by atoms with Crippen molar-refractivity contribution in [3.63, 3.8) is 0 Å². The van der Waals surface area contributed by atoms with Crippen molar-refractivity contribution in [1.29, 1.82) is 0 Å². The van der Waals surface area contributed by atoms with Gasteiger partial charge in [0.15, 0.2) is 0 Å². The number of halogens is 1. The molecule has 1 saturated carbocycles. The predicted octanol–water partition coefficient (Wildman–Crippen LogP) is 1.42. The molecule has 2 aliphatic rings. The Morgan fingerprint density at radius 1 is 1.24 bits per heavy atom. The first-order chi connectivity index (χ1) is 11.7. The summed E-state index contributed by atoms with van der Waals surface area (Å²) in [7, 11) is 0. The van der Waals surface area contributed by atoms with Gasteiger partial charge in [-0.25, -0.2) is 4.79 Å². The number of carbonyl (C=O) groups is 2. The minimum atomic E-state index is -0.102. The van der Waals surface area contributed by atoms with Gasteiger partial charge in [-0.15, -0.1) is 12.4 Å². The number of nitrogens with two attached hydrogens (primary N) is 1. The van der Waals surface area contributed by atoms with E-state index in [-0.39, 0.29) is 30.4 Å². The molecule has 138 valence electrons. The SMILES string of the molecule is Cl.NCC(NC(=O)CCNC(=O)N1CCc2ccccc2C1)C1CC1. The second-order valence-electron chi connectivity index (χ2n) is 6.67. The van der Waals surface area contributed by atoms with Gasteiger partial charge in [0, 0.05) is 38.6 Å². The highest BCUT2D eigenvalue weighted by Crippen LogP contribution is 2.32. The highest BCUT2D eigenvalue weighted by molar-refractivity contribution is 5.85. The molecule has 1 aliphatic heterocycles. The number of nitrogens with zero attached hydrogens (tertiary/aromatic N) is 1. The highest BCUT2D eigenvalue weighted by Gasteiger charge is 2.31. The van der Waals surface area contributed by atoms with Crippen LogP contribution in [-0.2, 0) is 17.8 Å². The topological polar surface area (TPSA) is 87.5 Å². The molecule has 1 aromatic carbocycles. The van der Waals surface area contributed by atoms with Crippen molar-refractivity contribution in [3.05, 3.63) is 35.4 Å². The average molecular weight is 367 g/mol. The molecule has 0 radical (unpaired) electrons. The van der Waals surface area contributed by atoms with Gasteiger partial charge < -0.3 is 21.3 Å². The van der Waals surface area contributed by atoms with Crippen LogP contribution < -0.4 is 16.4 Å². The summed E-state index contributed by atoms with van der Waals surface area (Å²) in [4.78, 5) is 26.0. The van der Waals surface area contributed by atoms with E-state index in [1.54, 1.807) is 4.90 Å². The third-order valence-corrected chi connectivity index (χ3v) is 4.84. The molecular weight excluding hydrogens is 340 g/mol. The minimum Gasteiger partial charge on any atom is -0.352 e. The van der Waals surface area contributed by atoms with Gasteiger partial charge in [-0.05, 0) is 36.3 Å². The normalized spacial score (nSPS) is 17.1. The standard InChI is InChI=1S/C18H26N4O2.ClH/c19-11-16(14-5-6-14)21-17(23)7-9-20-18(24)22-10-8-13-3-1-2-4-15(13)12-22;/h1-4,14,16H,5-12,19H2,(H,20,24)(H,21,23);1H. The van der Waals surface area contributed by atoms with E-state index in [1.165, 1.54) is 11.1 Å². The first kappa shape index (κ1) is 19.5. The zero-order valence-corrected chi connectivity index (χ0v) is 15.2. The van der Waals surface area contributed by atoms with Crippen molar-refractivity contribution < 1.29 is 9.59 Å². The maximum atomic E-state index is 12.2. The Labute approximate surface area is 154 Å². The van der Waals surface area contributed by atoms with Gasteiger partial charge in [-0.2, -0.15) is 0 Å². The van der Waals surface area contributed by atoms with Gasteiger partial charge in [-0.1, -0.05) is 24.3 Å². The van der Waals surface area contributed by atoms with E-state index in [0.717, 1.165) is 19.3 Å². The molecule has 1 aliphatic carbocycles. The summed E-state index contributed by atoms with van der Waals surface area (Å²) in [5, 5.41) is 5.81. The Morgan fingerprint density at radius 3 is 2.64 bits per heavy atom. The van der Waals surface area contributed by atoms with Gasteiger partial charge in [-0.3, -0.25) is 4.79 Å². The molecule has 6 nitrogen and oxygen atoms in total. The highest BCUT2D eigenvalue weighted by atomic mass is 35.5. The van der Waals surface area contributed by atoms with E-state index in [0.29, 0.717) is 38.5 Å². The van der Waals surface area contributed by atoms with Crippen LogP contribution in [0.25, 0.3) is 0 Å². The fraction of sp³-hybridized carbons (Fsp3) is 0.556. The van der Waals surface area contributed by atoms with Crippen molar-refractivity contribution >= 4 is 24.3 Å². The number of urea groups is 1. The number of amides is 3. The summed E-state index contributed by atoms with van der Waals surface area (Å²) in [5.74, 6) is 0.503. The Bertz CT molecular complexity index is 606. The number of benzene rings is 1. The molecule has 1 fully saturated rings. The van der Waals surface area contributed by atoms with Crippen molar-refractivity contribution in [3.8, 4) is 0 Å². The van der Waals surface area contributed by atoms with Crippen molar-refractivity contribution in [2.45, 2.75) is 38.3 Å². The second-order valence-corrected chi connectivity index (χ2v) is 6.67. The predicted molar refractivity (Wildman–Crippen MR) is 99.5 cm³/mol. The molecule has 25 heavy (non-hydrogen) atoms. The summed E-state index contributed by atoms with van der Waals surface area (Å²) in [6.07, 6.45) is 3.47. The number of hydrogen-bond donors (Lipinski definition) is 3. The van der Waals surface area contributed by atoms with Gasteiger partial charge in [0.1, 0.15) is 0 Å². The van der Waals surface area contributed by atoms with Crippen LogP contribution in [0.15, 0.2) is 24.3 Å². The van der Waals surface area contributed by atoms with Crippen LogP contribution in [0.2, 0.25) is 0 Å². The summed E-state index contributed by atoms with van der Waals surface area (Å²) in [6.45, 7) is 2.18. The van der Waals surface area contributed by atoms with Crippen LogP contribution in [0.1, 0.15) is 30.4 Å². The lowest BCUT2D eigenvalue weighted by Gasteiger charge is -2.29. The maximum Gasteiger partial charge on any atom is 0.317 e. The zero-order valence-electron chi connectivity index (χ0n) is 14.4. The summed E-state index contributed by atoms with van der Waals surface area (Å²) >= 11 is 0. The monoisotopic (exact) mass is 366 g/mol. The van der Waals surface area contributed by atoms with Gasteiger partial charge >= 0.3 is 6.03 Å². The Kier molecular flexibility index (Phi) is 7.08. The van der Waals surface area contributed by atoms with E-state index in [9.17, 15) is 9.59 Å². The first-order valence-electron chi connectivity index (χ1n) is 8.76. The van der Waals surface area contributed by atoms with Crippen LogP contribution in [0.4, 0.5) is 4.79 Å². The van der Waals surface area contributed by atoms with Crippen molar-refractivity contribution in [2.24, 2.45) is 11.7 Å². The van der Waals surface area contributed by atoms with Crippen LogP contribution in [0.3, 0.4) is 0 Å². The summed E-state index contributed by atoms with van der Waals surface area (Å²) < 4.78 is 0. The Balaban J connectivity index is 0.00000225. The molecule has 1 atom stereocenters. The smallest absolute Gasteiger partial charge is 0.317 e. The third kappa shape index (κ3) is 5.34. The average Bonchev–Trinajstić information content (AvgIpc) is 3.44. The van der Waals surface area contributed by atoms with Crippen molar-refractivity contribution in [2.75, 3.05) is 19.6 Å². The number of hydrogen-bond acceptors (Lipinski definition) is 3. The largest absolute Gasteiger partial charge is 0.352 e. The summed E-state index contributed by atoms with van der Waals surface area (Å²) in [6, 6.07) is 8.19. The molecule has 0 saturated heterocycles. The Hall–Kier alpha value is -1.79. The summed E-state index contributed by atoms with van der Waals surface area (Å²) in [5.41, 5.74) is 8.20. The molecule has 3 rings (SSSR count). The van der Waals surface area contributed by atoms with Crippen LogP contribution in [0, 0.1) is 5.92 Å². The van der Waals surface area contributed by atoms with E-state index in [2.05, 4.69) is 22.8 Å². The van der Waals surface area contributed by atoms with Crippen LogP contribution in [-0.4, -0.2) is 42.5 Å². The second kappa shape index (κ2) is 9.06. The molecular formula is C18H27ClN4O2. The molecule has 1 aromatic rings. The molecule has 0 bridgehead atoms. The molecule has 3 amide bonds. The van der Waals surface area contributed by atoms with E-state index in [4.69, 9.17) is 5.73 Å². The molecule has 0 spiro atoms. The quantitative estimate of drug-likeness (QED) is 0.711. The van der Waals surface area contributed by atoms with E-state index < -0.39 is 0 Å². The Morgan fingerprint density at radius 2 is 1.96 bits per heavy atom. The number of carbonyl (C=O) groups excluding carboxylic acids is 2. The fourth-order valence-electron chi connectivity index (χ4n) is 3.21. The van der Waals surface area contributed by atoms with Crippen LogP contribution >= 0.6 is 12.4 Å². The fourth-order valence-corrected chi connectivity index (χ4v) is 3.21. The third-order valence-electron chi connectivity index (χ3n) is 4.84. The lowest BCUT2D eigenvalue weighted by atomic mass is 10.0. The maximum absolute atomic E-state index is 12.2. The van der Waals surface area contributed by atoms with E-state index >= 15 is 0 Å². The number of fused-ring (bicyclic) bond motifs is 1. The molecule has 1 unspecified atom stereocenters. The van der Waals surface area contributed by atoms with Crippen LogP contribution in [0.5, 0.6) is 0 Å². The van der Waals surface area contributed by atoms with Crippen molar-refractivity contribution in [1.82, 2.24) is 15.5 Å². The minimum absolute atomic E-state index is 0. The lowest BCUT2D eigenvalue weighted by molar-refractivity contribution is -0.121. The molecule has 0 aromatic heterocycles. The van der Waals surface area contributed by atoms with Gasteiger partial charge in [0.2, 0.25) is 5.91 Å². The number of nitrogens with one attached hydrogen (secondary N) is 2. The number of rotatable bonds is 6.